The molecule has 0 saturated heterocycles. The van der Waals surface area contributed by atoms with Crippen LogP contribution in [-0.2, 0) is 4.74 Å². The van der Waals surface area contributed by atoms with E-state index in [2.05, 4.69) is 13.2 Å². The van der Waals surface area contributed by atoms with E-state index in [1.165, 1.54) is 0 Å². The third kappa shape index (κ3) is 11.6. The van der Waals surface area contributed by atoms with E-state index in [4.69, 9.17) is 4.74 Å². The highest BCUT2D eigenvalue weighted by atomic mass is 16.5. The standard InChI is InChI=1S/C14H26O3/c1-3-5-7-13(15)9-11-17-12-10-14(16)8-6-4-2/h3-4,13-16H,1-2,5-12H2. The fourth-order valence-electron chi connectivity index (χ4n) is 1.45. The molecule has 0 aliphatic carbocycles. The quantitative estimate of drug-likeness (QED) is 0.408. The van der Waals surface area contributed by atoms with Gasteiger partial charge in [0.15, 0.2) is 0 Å². The van der Waals surface area contributed by atoms with E-state index in [1.807, 2.05) is 0 Å². The number of hydrogen-bond acceptors (Lipinski definition) is 3. The van der Waals surface area contributed by atoms with Crippen molar-refractivity contribution in [3.8, 4) is 0 Å². The van der Waals surface area contributed by atoms with Crippen molar-refractivity contribution in [1.82, 2.24) is 0 Å². The maximum absolute atomic E-state index is 9.52. The Morgan fingerprint density at radius 1 is 0.824 bits per heavy atom. The van der Waals surface area contributed by atoms with Gasteiger partial charge in [0, 0.05) is 13.2 Å². The summed E-state index contributed by atoms with van der Waals surface area (Å²) in [6.45, 7) is 8.31. The molecule has 0 aliphatic rings. The van der Waals surface area contributed by atoms with Crippen LogP contribution < -0.4 is 0 Å². The molecule has 0 rings (SSSR count). The van der Waals surface area contributed by atoms with Crippen LogP contribution in [0.25, 0.3) is 0 Å². The normalized spacial score (nSPS) is 14.2. The van der Waals surface area contributed by atoms with Crippen LogP contribution in [0.15, 0.2) is 25.3 Å². The second kappa shape index (κ2) is 11.8. The lowest BCUT2D eigenvalue weighted by atomic mass is 10.1. The largest absolute Gasteiger partial charge is 0.393 e. The summed E-state index contributed by atoms with van der Waals surface area (Å²) in [5.41, 5.74) is 0. The molecule has 0 aromatic carbocycles. The molecule has 2 unspecified atom stereocenters. The molecule has 100 valence electrons. The highest BCUT2D eigenvalue weighted by molar-refractivity contribution is 4.70. The van der Waals surface area contributed by atoms with Gasteiger partial charge < -0.3 is 14.9 Å². The SMILES string of the molecule is C=CCCC(O)CCOCCC(O)CCC=C. The topological polar surface area (TPSA) is 49.7 Å². The zero-order chi connectivity index (χ0) is 12.9. The number of hydrogen-bond donors (Lipinski definition) is 2. The Morgan fingerprint density at radius 3 is 1.59 bits per heavy atom. The van der Waals surface area contributed by atoms with Crippen LogP contribution >= 0.6 is 0 Å². The number of ether oxygens (including phenoxy) is 1. The summed E-state index contributed by atoms with van der Waals surface area (Å²) in [5, 5.41) is 19.0. The Balaban J connectivity index is 3.27. The lowest BCUT2D eigenvalue weighted by Gasteiger charge is -2.11. The predicted molar refractivity (Wildman–Crippen MR) is 70.9 cm³/mol. The Kier molecular flexibility index (Phi) is 11.4. The molecule has 0 saturated carbocycles. The molecular formula is C14H26O3. The minimum absolute atomic E-state index is 0.307. The van der Waals surface area contributed by atoms with Gasteiger partial charge in [-0.25, -0.2) is 0 Å². The predicted octanol–water partition coefficient (Wildman–Crippen LogP) is 2.44. The van der Waals surface area contributed by atoms with Crippen molar-refractivity contribution in [1.29, 1.82) is 0 Å². The molecule has 0 radical (unpaired) electrons. The van der Waals surface area contributed by atoms with E-state index in [1.54, 1.807) is 12.2 Å². The molecule has 0 spiro atoms. The van der Waals surface area contributed by atoms with Crippen LogP contribution in [0.5, 0.6) is 0 Å². The van der Waals surface area contributed by atoms with E-state index in [0.717, 1.165) is 25.7 Å². The Bertz CT molecular complexity index is 172. The van der Waals surface area contributed by atoms with E-state index >= 15 is 0 Å². The highest BCUT2D eigenvalue weighted by Gasteiger charge is 2.04. The van der Waals surface area contributed by atoms with E-state index < -0.39 is 0 Å². The fraction of sp³-hybridized carbons (Fsp3) is 0.714. The molecule has 2 atom stereocenters. The third-order valence-corrected chi connectivity index (χ3v) is 2.60. The average molecular weight is 242 g/mol. The van der Waals surface area contributed by atoms with Crippen molar-refractivity contribution in [2.24, 2.45) is 0 Å². The van der Waals surface area contributed by atoms with Crippen LogP contribution in [0, 0.1) is 0 Å². The van der Waals surface area contributed by atoms with Crippen molar-refractivity contribution in [2.45, 2.75) is 50.7 Å². The monoisotopic (exact) mass is 242 g/mol. The molecule has 0 fully saturated rings. The van der Waals surface area contributed by atoms with Crippen LogP contribution in [0.4, 0.5) is 0 Å². The van der Waals surface area contributed by atoms with Crippen molar-refractivity contribution in [3.05, 3.63) is 25.3 Å². The van der Waals surface area contributed by atoms with Gasteiger partial charge in [0.25, 0.3) is 0 Å². The van der Waals surface area contributed by atoms with Crippen molar-refractivity contribution >= 4 is 0 Å². The molecular weight excluding hydrogens is 216 g/mol. The van der Waals surface area contributed by atoms with Crippen molar-refractivity contribution in [2.75, 3.05) is 13.2 Å². The highest BCUT2D eigenvalue weighted by Crippen LogP contribution is 2.05. The summed E-state index contributed by atoms with van der Waals surface area (Å²) < 4.78 is 5.36. The summed E-state index contributed by atoms with van der Waals surface area (Å²) in [6, 6.07) is 0. The maximum atomic E-state index is 9.52. The summed E-state index contributed by atoms with van der Waals surface area (Å²) >= 11 is 0. The molecule has 2 N–H and O–H groups in total. The number of allylic oxidation sites excluding steroid dienone is 2. The van der Waals surface area contributed by atoms with Gasteiger partial charge >= 0.3 is 0 Å². The zero-order valence-corrected chi connectivity index (χ0v) is 10.7. The zero-order valence-electron chi connectivity index (χ0n) is 10.7. The Hall–Kier alpha value is -0.640. The fourth-order valence-corrected chi connectivity index (χ4v) is 1.45. The second-order valence-corrected chi connectivity index (χ2v) is 4.23. The Labute approximate surface area is 105 Å². The molecule has 3 heteroatoms. The molecule has 3 nitrogen and oxygen atoms in total. The molecule has 17 heavy (non-hydrogen) atoms. The summed E-state index contributed by atoms with van der Waals surface area (Å²) in [7, 11) is 0. The van der Waals surface area contributed by atoms with E-state index in [9.17, 15) is 10.2 Å². The molecule has 0 heterocycles. The second-order valence-electron chi connectivity index (χ2n) is 4.23. The third-order valence-electron chi connectivity index (χ3n) is 2.60. The Morgan fingerprint density at radius 2 is 1.24 bits per heavy atom. The molecule has 0 aromatic heterocycles. The van der Waals surface area contributed by atoms with Gasteiger partial charge in [0.05, 0.1) is 12.2 Å². The minimum Gasteiger partial charge on any atom is -0.393 e. The first-order chi connectivity index (χ1) is 8.20. The minimum atomic E-state index is -0.307. The lowest BCUT2D eigenvalue weighted by molar-refractivity contribution is 0.0540. The van der Waals surface area contributed by atoms with Gasteiger partial charge in [-0.15, -0.1) is 13.2 Å². The lowest BCUT2D eigenvalue weighted by Crippen LogP contribution is -2.13. The smallest absolute Gasteiger partial charge is 0.0565 e. The number of aliphatic hydroxyl groups excluding tert-OH is 2. The summed E-state index contributed by atoms with van der Waals surface area (Å²) in [6.07, 6.45) is 7.46. The van der Waals surface area contributed by atoms with E-state index in [0.29, 0.717) is 26.1 Å². The summed E-state index contributed by atoms with van der Waals surface area (Å²) in [4.78, 5) is 0. The van der Waals surface area contributed by atoms with Gasteiger partial charge in [-0.05, 0) is 38.5 Å². The van der Waals surface area contributed by atoms with Gasteiger partial charge in [-0.3, -0.25) is 0 Å². The first-order valence-corrected chi connectivity index (χ1v) is 6.36. The van der Waals surface area contributed by atoms with Crippen LogP contribution in [0.2, 0.25) is 0 Å². The van der Waals surface area contributed by atoms with E-state index in [-0.39, 0.29) is 12.2 Å². The number of aliphatic hydroxyl groups is 2. The van der Waals surface area contributed by atoms with Crippen molar-refractivity contribution in [3.63, 3.8) is 0 Å². The summed E-state index contributed by atoms with van der Waals surface area (Å²) in [5.74, 6) is 0. The maximum Gasteiger partial charge on any atom is 0.0565 e. The van der Waals surface area contributed by atoms with Gasteiger partial charge in [-0.1, -0.05) is 12.2 Å². The molecule has 0 bridgehead atoms. The van der Waals surface area contributed by atoms with Crippen LogP contribution in [0.1, 0.15) is 38.5 Å². The first kappa shape index (κ1) is 16.4. The molecule has 0 aliphatic heterocycles. The van der Waals surface area contributed by atoms with Gasteiger partial charge in [0.2, 0.25) is 0 Å². The molecule has 0 aromatic rings. The number of rotatable bonds is 12. The first-order valence-electron chi connectivity index (χ1n) is 6.36. The van der Waals surface area contributed by atoms with Crippen LogP contribution in [-0.4, -0.2) is 35.6 Å². The van der Waals surface area contributed by atoms with Gasteiger partial charge in [-0.2, -0.15) is 0 Å². The van der Waals surface area contributed by atoms with Crippen LogP contribution in [0.3, 0.4) is 0 Å². The van der Waals surface area contributed by atoms with Gasteiger partial charge in [0.1, 0.15) is 0 Å². The molecule has 0 amide bonds. The van der Waals surface area contributed by atoms with Crippen molar-refractivity contribution < 1.29 is 14.9 Å². The average Bonchev–Trinajstić information content (AvgIpc) is 2.33.